The van der Waals surface area contributed by atoms with Crippen molar-refractivity contribution >= 4 is 5.78 Å². The van der Waals surface area contributed by atoms with Crippen molar-refractivity contribution in [2.75, 3.05) is 20.0 Å². The monoisotopic (exact) mass is 340 g/mol. The minimum absolute atomic E-state index is 0.00425. The molecule has 6 heteroatoms. The molecule has 0 saturated heterocycles. The molecule has 0 bridgehead atoms. The molecule has 25 heavy (non-hydrogen) atoms. The molecule has 6 nitrogen and oxygen atoms in total. The van der Waals surface area contributed by atoms with Crippen molar-refractivity contribution in [1.82, 2.24) is 0 Å². The predicted octanol–water partition coefficient (Wildman–Crippen LogP) is 2.93. The van der Waals surface area contributed by atoms with Gasteiger partial charge in [0.25, 0.3) is 0 Å². The summed E-state index contributed by atoms with van der Waals surface area (Å²) in [5, 5.41) is 0. The topological polar surface area (TPSA) is 63.2 Å². The Morgan fingerprint density at radius 2 is 1.68 bits per heavy atom. The van der Waals surface area contributed by atoms with Crippen LogP contribution >= 0.6 is 0 Å². The third kappa shape index (κ3) is 2.13. The van der Waals surface area contributed by atoms with Crippen LogP contribution in [0.1, 0.15) is 28.8 Å². The van der Waals surface area contributed by atoms with Crippen molar-refractivity contribution in [2.45, 2.75) is 18.9 Å². The van der Waals surface area contributed by atoms with Crippen molar-refractivity contribution in [3.05, 3.63) is 41.5 Å². The zero-order valence-corrected chi connectivity index (χ0v) is 13.6. The van der Waals surface area contributed by atoms with E-state index in [0.29, 0.717) is 47.5 Å². The highest BCUT2D eigenvalue weighted by molar-refractivity contribution is 6.05. The van der Waals surface area contributed by atoms with Crippen LogP contribution in [-0.2, 0) is 0 Å². The molecule has 0 fully saturated rings. The highest BCUT2D eigenvalue weighted by atomic mass is 16.7. The highest BCUT2D eigenvalue weighted by Gasteiger charge is 2.39. The Bertz CT molecular complexity index is 874. The Labute approximate surface area is 144 Å². The average molecular weight is 340 g/mol. The maximum absolute atomic E-state index is 13.2. The van der Waals surface area contributed by atoms with Crippen molar-refractivity contribution in [1.29, 1.82) is 0 Å². The summed E-state index contributed by atoms with van der Waals surface area (Å²) >= 11 is 0. The number of ether oxygens (including phenoxy) is 5. The van der Waals surface area contributed by atoms with E-state index in [1.54, 1.807) is 12.1 Å². The first-order valence-electron chi connectivity index (χ1n) is 8.25. The molecule has 0 saturated carbocycles. The minimum atomic E-state index is -0.412. The summed E-state index contributed by atoms with van der Waals surface area (Å²) in [6.07, 6.45) is -0.336. The average Bonchev–Trinajstić information content (AvgIpc) is 3.09. The van der Waals surface area contributed by atoms with Crippen LogP contribution in [0.2, 0.25) is 0 Å². The van der Waals surface area contributed by atoms with Gasteiger partial charge in [0.05, 0.1) is 11.5 Å². The fourth-order valence-corrected chi connectivity index (χ4v) is 3.56. The van der Waals surface area contributed by atoms with Crippen molar-refractivity contribution in [3.8, 4) is 28.7 Å². The molecule has 2 unspecified atom stereocenters. The molecule has 3 aliphatic rings. The Morgan fingerprint density at radius 1 is 0.880 bits per heavy atom. The normalized spacial score (nSPS) is 23.0. The van der Waals surface area contributed by atoms with Crippen LogP contribution in [0.3, 0.4) is 0 Å². The summed E-state index contributed by atoms with van der Waals surface area (Å²) in [5.74, 6) is 2.56. The van der Waals surface area contributed by atoms with Gasteiger partial charge in [-0.1, -0.05) is 6.07 Å². The molecule has 0 N–H and O–H groups in total. The Hall–Kier alpha value is -2.89. The maximum Gasteiger partial charge on any atom is 0.231 e. The molecule has 0 aromatic heterocycles. The number of rotatable bonds is 1. The van der Waals surface area contributed by atoms with Gasteiger partial charge in [0, 0.05) is 0 Å². The number of fused-ring (bicyclic) bond motifs is 4. The molecule has 3 aliphatic heterocycles. The van der Waals surface area contributed by atoms with E-state index >= 15 is 0 Å². The van der Waals surface area contributed by atoms with E-state index in [-0.39, 0.29) is 18.7 Å². The van der Waals surface area contributed by atoms with Crippen LogP contribution in [0.5, 0.6) is 28.7 Å². The summed E-state index contributed by atoms with van der Waals surface area (Å²) in [7, 11) is 0. The quantitative estimate of drug-likeness (QED) is 0.795. The standard InChI is InChI=1S/C19H16O6/c1-10-16(11-2-4-13-15(8-11)24-9-23-13)17(20)12-3-5-14-19(18(12)25-10)22-7-6-21-14/h2-5,8,10,16H,6-7,9H2,1H3. The summed E-state index contributed by atoms with van der Waals surface area (Å²) in [6.45, 7) is 3.03. The molecule has 5 rings (SSSR count). The third-order valence-corrected chi connectivity index (χ3v) is 4.74. The lowest BCUT2D eigenvalue weighted by atomic mass is 9.84. The molecule has 2 aromatic carbocycles. The number of Topliss-reactive ketones (excluding diaryl/α,β-unsaturated/α-hetero) is 1. The molecule has 2 atom stereocenters. The number of benzene rings is 2. The predicted molar refractivity (Wildman–Crippen MR) is 87.2 cm³/mol. The van der Waals surface area contributed by atoms with Gasteiger partial charge < -0.3 is 23.7 Å². The van der Waals surface area contributed by atoms with Crippen LogP contribution in [-0.4, -0.2) is 31.9 Å². The van der Waals surface area contributed by atoms with Gasteiger partial charge in [-0.25, -0.2) is 0 Å². The molecular formula is C19H16O6. The summed E-state index contributed by atoms with van der Waals surface area (Å²) < 4.78 is 28.1. The molecule has 2 aromatic rings. The zero-order valence-electron chi connectivity index (χ0n) is 13.6. The van der Waals surface area contributed by atoms with Gasteiger partial charge in [-0.3, -0.25) is 4.79 Å². The van der Waals surface area contributed by atoms with Crippen molar-refractivity contribution < 1.29 is 28.5 Å². The van der Waals surface area contributed by atoms with E-state index in [0.717, 1.165) is 5.56 Å². The van der Waals surface area contributed by atoms with Gasteiger partial charge in [-0.2, -0.15) is 0 Å². The third-order valence-electron chi connectivity index (χ3n) is 4.74. The van der Waals surface area contributed by atoms with E-state index in [9.17, 15) is 4.79 Å². The number of ketones is 1. The first-order valence-corrected chi connectivity index (χ1v) is 8.25. The van der Waals surface area contributed by atoms with E-state index in [2.05, 4.69) is 0 Å². The van der Waals surface area contributed by atoms with E-state index in [4.69, 9.17) is 23.7 Å². The van der Waals surface area contributed by atoms with E-state index < -0.39 is 5.92 Å². The first-order chi connectivity index (χ1) is 12.2. The van der Waals surface area contributed by atoms with Gasteiger partial charge in [-0.15, -0.1) is 0 Å². The Morgan fingerprint density at radius 3 is 2.60 bits per heavy atom. The van der Waals surface area contributed by atoms with Crippen molar-refractivity contribution in [2.24, 2.45) is 0 Å². The summed E-state index contributed by atoms with van der Waals surface area (Å²) in [5.41, 5.74) is 1.37. The molecule has 0 amide bonds. The van der Waals surface area contributed by atoms with Gasteiger partial charge in [-0.05, 0) is 36.8 Å². The number of hydrogen-bond acceptors (Lipinski definition) is 6. The lowest BCUT2D eigenvalue weighted by Crippen LogP contribution is -2.34. The molecule has 3 heterocycles. The first kappa shape index (κ1) is 14.5. The molecule has 0 spiro atoms. The van der Waals surface area contributed by atoms with E-state index in [1.165, 1.54) is 0 Å². The second kappa shape index (κ2) is 5.31. The molecule has 0 aliphatic carbocycles. The largest absolute Gasteiger partial charge is 0.486 e. The fourth-order valence-electron chi connectivity index (χ4n) is 3.56. The smallest absolute Gasteiger partial charge is 0.231 e. The Balaban J connectivity index is 1.57. The van der Waals surface area contributed by atoms with E-state index in [1.807, 2.05) is 25.1 Å². The van der Waals surface area contributed by atoms with Crippen LogP contribution in [0.4, 0.5) is 0 Å². The minimum Gasteiger partial charge on any atom is -0.486 e. The number of hydrogen-bond donors (Lipinski definition) is 0. The highest BCUT2D eigenvalue weighted by Crippen LogP contribution is 2.48. The molecule has 0 radical (unpaired) electrons. The molecule has 128 valence electrons. The fraction of sp³-hybridized carbons (Fsp3) is 0.316. The summed E-state index contributed by atoms with van der Waals surface area (Å²) in [4.78, 5) is 13.2. The maximum atomic E-state index is 13.2. The lowest BCUT2D eigenvalue weighted by Gasteiger charge is -2.33. The van der Waals surface area contributed by atoms with Gasteiger partial charge >= 0.3 is 0 Å². The summed E-state index contributed by atoms with van der Waals surface area (Å²) in [6, 6.07) is 9.09. The second-order valence-corrected chi connectivity index (χ2v) is 6.24. The zero-order chi connectivity index (χ0) is 17.0. The van der Waals surface area contributed by atoms with Crippen LogP contribution in [0, 0.1) is 0 Å². The van der Waals surface area contributed by atoms with Crippen LogP contribution in [0.25, 0.3) is 0 Å². The van der Waals surface area contributed by atoms with Crippen LogP contribution < -0.4 is 23.7 Å². The van der Waals surface area contributed by atoms with Crippen molar-refractivity contribution in [3.63, 3.8) is 0 Å². The van der Waals surface area contributed by atoms with Gasteiger partial charge in [0.15, 0.2) is 28.8 Å². The van der Waals surface area contributed by atoms with Gasteiger partial charge in [0.2, 0.25) is 12.5 Å². The lowest BCUT2D eigenvalue weighted by molar-refractivity contribution is 0.0786. The SMILES string of the molecule is CC1Oc2c(ccc3c2OCCO3)C(=O)C1c1ccc2c(c1)OCO2. The van der Waals surface area contributed by atoms with Gasteiger partial charge in [0.1, 0.15) is 19.3 Å². The number of carbonyl (C=O) groups excluding carboxylic acids is 1. The molecular weight excluding hydrogens is 324 g/mol. The van der Waals surface area contributed by atoms with Crippen LogP contribution in [0.15, 0.2) is 30.3 Å². The number of carbonyl (C=O) groups is 1. The second-order valence-electron chi connectivity index (χ2n) is 6.24. The Kier molecular flexibility index (Phi) is 3.07.